The van der Waals surface area contributed by atoms with Crippen LogP contribution in [-0.2, 0) is 6.54 Å². The summed E-state index contributed by atoms with van der Waals surface area (Å²) in [6, 6.07) is 15.2. The smallest absolute Gasteiger partial charge is 0.229 e. The minimum Gasteiger partial charge on any atom is -0.365 e. The zero-order valence-electron chi connectivity index (χ0n) is 11.7. The number of hydrogen-bond acceptors (Lipinski definition) is 6. The fourth-order valence-electron chi connectivity index (χ4n) is 1.87. The number of aromatic nitrogens is 2. The van der Waals surface area contributed by atoms with Gasteiger partial charge >= 0.3 is 0 Å². The van der Waals surface area contributed by atoms with Gasteiger partial charge in [-0.15, -0.1) is 11.3 Å². The third-order valence-corrected chi connectivity index (χ3v) is 3.83. The third kappa shape index (κ3) is 3.59. The second-order valence-corrected chi connectivity index (χ2v) is 5.54. The van der Waals surface area contributed by atoms with Crippen LogP contribution in [0.1, 0.15) is 10.4 Å². The van der Waals surface area contributed by atoms with E-state index in [1.165, 1.54) is 4.88 Å². The van der Waals surface area contributed by atoms with E-state index in [-0.39, 0.29) is 0 Å². The molecule has 0 bridgehead atoms. The number of nitriles is 1. The van der Waals surface area contributed by atoms with Crippen molar-refractivity contribution in [2.45, 2.75) is 6.54 Å². The van der Waals surface area contributed by atoms with Gasteiger partial charge in [0.1, 0.15) is 5.82 Å². The van der Waals surface area contributed by atoms with E-state index in [0.29, 0.717) is 11.5 Å². The number of nitrogens with one attached hydrogen (secondary N) is 2. The van der Waals surface area contributed by atoms with Crippen molar-refractivity contribution in [3.05, 3.63) is 64.5 Å². The fraction of sp³-hybridized carbons (Fsp3) is 0.0625. The van der Waals surface area contributed by atoms with E-state index in [2.05, 4.69) is 38.1 Å². The van der Waals surface area contributed by atoms with Gasteiger partial charge in [-0.1, -0.05) is 6.07 Å². The molecular formula is C16H13N5S. The van der Waals surface area contributed by atoms with Crippen LogP contribution in [0.2, 0.25) is 0 Å². The molecule has 0 aliphatic heterocycles. The highest BCUT2D eigenvalue weighted by molar-refractivity contribution is 7.09. The standard InChI is InChI=1S/C16H13N5S/c17-10-12-3-5-13(6-4-12)20-16-18-8-7-15(21-16)19-11-14-2-1-9-22-14/h1-9H,11H2,(H2,18,19,20,21). The van der Waals surface area contributed by atoms with Crippen LogP contribution in [0.15, 0.2) is 54.0 Å². The summed E-state index contributed by atoms with van der Waals surface area (Å²) in [5.74, 6) is 1.28. The molecule has 5 nitrogen and oxygen atoms in total. The molecular weight excluding hydrogens is 294 g/mol. The number of nitrogens with zero attached hydrogens (tertiary/aromatic N) is 3. The predicted molar refractivity (Wildman–Crippen MR) is 88.1 cm³/mol. The van der Waals surface area contributed by atoms with Crippen LogP contribution in [-0.4, -0.2) is 9.97 Å². The number of thiophene rings is 1. The van der Waals surface area contributed by atoms with Crippen LogP contribution >= 0.6 is 11.3 Å². The monoisotopic (exact) mass is 307 g/mol. The van der Waals surface area contributed by atoms with Gasteiger partial charge in [-0.2, -0.15) is 10.2 Å². The van der Waals surface area contributed by atoms with Gasteiger partial charge in [-0.05, 0) is 41.8 Å². The topological polar surface area (TPSA) is 73.6 Å². The molecule has 3 rings (SSSR count). The Kier molecular flexibility index (Phi) is 4.27. The summed E-state index contributed by atoms with van der Waals surface area (Å²) in [5.41, 5.74) is 1.47. The third-order valence-electron chi connectivity index (χ3n) is 2.95. The van der Waals surface area contributed by atoms with Crippen LogP contribution in [0, 0.1) is 11.3 Å². The Balaban J connectivity index is 1.66. The number of rotatable bonds is 5. The first-order valence-corrected chi connectivity index (χ1v) is 7.58. The SMILES string of the molecule is N#Cc1ccc(Nc2nccc(NCc3cccs3)n2)cc1. The van der Waals surface area contributed by atoms with Crippen LogP contribution in [0.4, 0.5) is 17.5 Å². The highest BCUT2D eigenvalue weighted by Gasteiger charge is 2.01. The summed E-state index contributed by atoms with van der Waals surface area (Å²) in [5, 5.41) is 17.2. The zero-order valence-corrected chi connectivity index (χ0v) is 12.5. The van der Waals surface area contributed by atoms with Gasteiger partial charge in [-0.3, -0.25) is 0 Å². The van der Waals surface area contributed by atoms with E-state index in [1.807, 2.05) is 24.3 Å². The van der Waals surface area contributed by atoms with Crippen molar-refractivity contribution < 1.29 is 0 Å². The maximum absolute atomic E-state index is 8.79. The fourth-order valence-corrected chi connectivity index (χ4v) is 2.51. The summed E-state index contributed by atoms with van der Waals surface area (Å²) in [6.07, 6.45) is 1.70. The summed E-state index contributed by atoms with van der Waals surface area (Å²) in [4.78, 5) is 9.86. The molecule has 2 aromatic heterocycles. The van der Waals surface area contributed by atoms with Gasteiger partial charge in [0.05, 0.1) is 18.2 Å². The molecule has 2 heterocycles. The maximum atomic E-state index is 8.79. The normalized spacial score (nSPS) is 9.95. The van der Waals surface area contributed by atoms with E-state index in [0.717, 1.165) is 18.1 Å². The summed E-state index contributed by atoms with van der Waals surface area (Å²) in [6.45, 7) is 0.741. The van der Waals surface area contributed by atoms with E-state index in [1.54, 1.807) is 29.7 Å². The summed E-state index contributed by atoms with van der Waals surface area (Å²) < 4.78 is 0. The second-order valence-electron chi connectivity index (χ2n) is 4.51. The maximum Gasteiger partial charge on any atom is 0.229 e. The molecule has 0 atom stereocenters. The molecule has 0 aliphatic carbocycles. The van der Waals surface area contributed by atoms with Crippen molar-refractivity contribution in [2.75, 3.05) is 10.6 Å². The molecule has 3 aromatic rings. The van der Waals surface area contributed by atoms with Crippen LogP contribution in [0.25, 0.3) is 0 Å². The first-order valence-electron chi connectivity index (χ1n) is 6.70. The first-order chi connectivity index (χ1) is 10.8. The van der Waals surface area contributed by atoms with Crippen molar-refractivity contribution in [3.63, 3.8) is 0 Å². The lowest BCUT2D eigenvalue weighted by molar-refractivity contribution is 1.10. The first kappa shape index (κ1) is 14.0. The van der Waals surface area contributed by atoms with Crippen molar-refractivity contribution >= 4 is 28.8 Å². The lowest BCUT2D eigenvalue weighted by Crippen LogP contribution is -2.03. The molecule has 0 aliphatic rings. The van der Waals surface area contributed by atoms with Crippen molar-refractivity contribution in [2.24, 2.45) is 0 Å². The molecule has 22 heavy (non-hydrogen) atoms. The average Bonchev–Trinajstić information content (AvgIpc) is 3.08. The lowest BCUT2D eigenvalue weighted by Gasteiger charge is -2.07. The number of anilines is 3. The van der Waals surface area contributed by atoms with Crippen molar-refractivity contribution in [1.29, 1.82) is 5.26 Å². The molecule has 2 N–H and O–H groups in total. The van der Waals surface area contributed by atoms with Crippen LogP contribution < -0.4 is 10.6 Å². The highest BCUT2D eigenvalue weighted by Crippen LogP contribution is 2.16. The molecule has 0 fully saturated rings. The Morgan fingerprint density at radius 1 is 1.14 bits per heavy atom. The van der Waals surface area contributed by atoms with Crippen molar-refractivity contribution in [3.8, 4) is 6.07 Å². The molecule has 6 heteroatoms. The molecule has 0 radical (unpaired) electrons. The van der Waals surface area contributed by atoms with E-state index >= 15 is 0 Å². The van der Waals surface area contributed by atoms with Gasteiger partial charge in [0.2, 0.25) is 5.95 Å². The quantitative estimate of drug-likeness (QED) is 0.750. The van der Waals surface area contributed by atoms with E-state index in [4.69, 9.17) is 5.26 Å². The Morgan fingerprint density at radius 2 is 2.00 bits per heavy atom. The minimum atomic E-state index is 0.515. The lowest BCUT2D eigenvalue weighted by atomic mass is 10.2. The zero-order chi connectivity index (χ0) is 15.2. The Bertz CT molecular complexity index is 775. The molecule has 0 saturated heterocycles. The predicted octanol–water partition coefficient (Wildman–Crippen LogP) is 3.77. The van der Waals surface area contributed by atoms with E-state index in [9.17, 15) is 0 Å². The highest BCUT2D eigenvalue weighted by atomic mass is 32.1. The number of benzene rings is 1. The summed E-state index contributed by atoms with van der Waals surface area (Å²) >= 11 is 1.70. The van der Waals surface area contributed by atoms with Gasteiger partial charge in [0.15, 0.2) is 0 Å². The average molecular weight is 307 g/mol. The van der Waals surface area contributed by atoms with Gasteiger partial charge in [-0.25, -0.2) is 4.98 Å². The van der Waals surface area contributed by atoms with Crippen LogP contribution in [0.5, 0.6) is 0 Å². The Labute approximate surface area is 132 Å². The molecule has 0 saturated carbocycles. The Hall–Kier alpha value is -2.91. The molecule has 1 aromatic carbocycles. The summed E-state index contributed by atoms with van der Waals surface area (Å²) in [7, 11) is 0. The van der Waals surface area contributed by atoms with Crippen molar-refractivity contribution in [1.82, 2.24) is 9.97 Å². The molecule has 0 unspecified atom stereocenters. The van der Waals surface area contributed by atoms with Gasteiger partial charge in [0.25, 0.3) is 0 Å². The van der Waals surface area contributed by atoms with Crippen LogP contribution in [0.3, 0.4) is 0 Å². The molecule has 108 valence electrons. The van der Waals surface area contributed by atoms with Gasteiger partial charge < -0.3 is 10.6 Å². The second kappa shape index (κ2) is 6.70. The molecule has 0 spiro atoms. The number of hydrogen-bond donors (Lipinski definition) is 2. The largest absolute Gasteiger partial charge is 0.365 e. The molecule has 0 amide bonds. The van der Waals surface area contributed by atoms with Gasteiger partial charge in [0, 0.05) is 16.8 Å². The Morgan fingerprint density at radius 3 is 2.73 bits per heavy atom. The minimum absolute atomic E-state index is 0.515. The van der Waals surface area contributed by atoms with E-state index < -0.39 is 0 Å².